The zero-order valence-electron chi connectivity index (χ0n) is 16.7. The van der Waals surface area contributed by atoms with Gasteiger partial charge in [0.15, 0.2) is 0 Å². The molecule has 0 radical (unpaired) electrons. The molecule has 146 valence electrons. The normalized spacial score (nSPS) is 15.8. The molecule has 28 heavy (non-hydrogen) atoms. The molecule has 1 N–H and O–H groups in total. The molecule has 1 fully saturated rings. The van der Waals surface area contributed by atoms with Crippen molar-refractivity contribution in [2.75, 3.05) is 26.7 Å². The fourth-order valence-corrected chi connectivity index (χ4v) is 4.06. The van der Waals surface area contributed by atoms with E-state index in [1.54, 1.807) is 0 Å². The lowest BCUT2D eigenvalue weighted by Gasteiger charge is -2.36. The van der Waals surface area contributed by atoms with Crippen LogP contribution in [0.1, 0.15) is 34.6 Å². The molecule has 0 spiro atoms. The number of carbonyl (C=O) groups excluding carboxylic acids is 1. The minimum atomic E-state index is 0.0841. The van der Waals surface area contributed by atoms with E-state index in [1.807, 2.05) is 36.3 Å². The molecule has 0 aliphatic carbocycles. The number of aromatic nitrogens is 2. The van der Waals surface area contributed by atoms with Gasteiger partial charge in [0.2, 0.25) is 0 Å². The van der Waals surface area contributed by atoms with Crippen molar-refractivity contribution >= 4 is 16.8 Å². The number of aryl methyl sites for hydroxylation is 1. The topological polar surface area (TPSA) is 52.2 Å². The predicted octanol–water partition coefficient (Wildman–Crippen LogP) is 3.65. The number of piperidine rings is 1. The SMILES string of the molecule is Cc1ccc2cc(C(=O)N(C)C3CCN(CCc4ccccn4)CC3)[nH]c2c1. The molecule has 1 saturated heterocycles. The molecule has 2 aromatic heterocycles. The number of fused-ring (bicyclic) bond motifs is 1. The Morgan fingerprint density at radius 1 is 1.21 bits per heavy atom. The van der Waals surface area contributed by atoms with Gasteiger partial charge in [-0.25, -0.2) is 0 Å². The fraction of sp³-hybridized carbons (Fsp3) is 0.391. The number of hydrogen-bond acceptors (Lipinski definition) is 3. The van der Waals surface area contributed by atoms with Gasteiger partial charge in [-0.3, -0.25) is 9.78 Å². The third-order valence-electron chi connectivity index (χ3n) is 5.84. The van der Waals surface area contributed by atoms with Crippen molar-refractivity contribution in [2.45, 2.75) is 32.2 Å². The lowest BCUT2D eigenvalue weighted by atomic mass is 10.0. The second kappa shape index (κ2) is 8.15. The van der Waals surface area contributed by atoms with Crippen molar-refractivity contribution in [3.63, 3.8) is 0 Å². The van der Waals surface area contributed by atoms with Gasteiger partial charge in [0.25, 0.3) is 5.91 Å². The maximum absolute atomic E-state index is 13.0. The number of H-pyrrole nitrogens is 1. The molecule has 1 amide bonds. The van der Waals surface area contributed by atoms with Crippen LogP contribution in [0.3, 0.4) is 0 Å². The number of hydrogen-bond donors (Lipinski definition) is 1. The summed E-state index contributed by atoms with van der Waals surface area (Å²) >= 11 is 0. The molecule has 1 aliphatic heterocycles. The molecule has 0 saturated carbocycles. The summed E-state index contributed by atoms with van der Waals surface area (Å²) in [5.41, 5.74) is 4.05. The lowest BCUT2D eigenvalue weighted by molar-refractivity contribution is 0.0638. The van der Waals surface area contributed by atoms with Crippen LogP contribution in [0.15, 0.2) is 48.7 Å². The van der Waals surface area contributed by atoms with Crippen LogP contribution in [0.4, 0.5) is 0 Å². The second-order valence-corrected chi connectivity index (χ2v) is 7.83. The molecule has 0 unspecified atom stereocenters. The second-order valence-electron chi connectivity index (χ2n) is 7.83. The molecule has 5 heteroatoms. The molecule has 5 nitrogen and oxygen atoms in total. The fourth-order valence-electron chi connectivity index (χ4n) is 4.06. The molecule has 0 atom stereocenters. The van der Waals surface area contributed by atoms with Gasteiger partial charge in [-0.15, -0.1) is 0 Å². The monoisotopic (exact) mass is 376 g/mol. The summed E-state index contributed by atoms with van der Waals surface area (Å²) in [6, 6.07) is 14.6. The van der Waals surface area contributed by atoms with Gasteiger partial charge in [0, 0.05) is 61.9 Å². The third kappa shape index (κ3) is 4.09. The van der Waals surface area contributed by atoms with Crippen LogP contribution in [0.25, 0.3) is 10.9 Å². The summed E-state index contributed by atoms with van der Waals surface area (Å²) in [6.45, 7) is 5.15. The first-order valence-corrected chi connectivity index (χ1v) is 10.1. The smallest absolute Gasteiger partial charge is 0.270 e. The van der Waals surface area contributed by atoms with Gasteiger partial charge in [-0.05, 0) is 49.6 Å². The summed E-state index contributed by atoms with van der Waals surface area (Å²) in [5, 5.41) is 1.09. The zero-order chi connectivity index (χ0) is 19.5. The van der Waals surface area contributed by atoms with E-state index in [0.717, 1.165) is 55.5 Å². The van der Waals surface area contributed by atoms with Crippen molar-refractivity contribution in [1.82, 2.24) is 19.8 Å². The Bertz CT molecular complexity index is 942. The van der Waals surface area contributed by atoms with Crippen molar-refractivity contribution in [3.8, 4) is 0 Å². The molecule has 1 aromatic carbocycles. The summed E-state index contributed by atoms with van der Waals surface area (Å²) in [4.78, 5) is 25.1. The van der Waals surface area contributed by atoms with Crippen LogP contribution >= 0.6 is 0 Å². The third-order valence-corrected chi connectivity index (χ3v) is 5.84. The average molecular weight is 377 g/mol. The van der Waals surface area contributed by atoms with Gasteiger partial charge in [-0.1, -0.05) is 18.2 Å². The predicted molar refractivity (Wildman–Crippen MR) is 113 cm³/mol. The minimum Gasteiger partial charge on any atom is -0.351 e. The van der Waals surface area contributed by atoms with E-state index in [2.05, 4.69) is 46.1 Å². The maximum atomic E-state index is 13.0. The Labute approximate surface area is 166 Å². The molecule has 4 rings (SSSR count). The summed E-state index contributed by atoms with van der Waals surface area (Å²) in [7, 11) is 1.94. The summed E-state index contributed by atoms with van der Waals surface area (Å²) in [5.74, 6) is 0.0841. The van der Waals surface area contributed by atoms with Gasteiger partial charge < -0.3 is 14.8 Å². The van der Waals surface area contributed by atoms with E-state index in [0.29, 0.717) is 11.7 Å². The first-order chi connectivity index (χ1) is 13.6. The van der Waals surface area contributed by atoms with Crippen LogP contribution < -0.4 is 0 Å². The number of pyridine rings is 1. The standard InChI is InChI=1S/C23H28N4O/c1-17-6-7-18-16-22(25-21(18)15-17)23(28)26(2)20-9-13-27(14-10-20)12-8-19-5-3-4-11-24-19/h3-7,11,15-16,20,25H,8-10,12-14H2,1-2H3. The lowest BCUT2D eigenvalue weighted by Crippen LogP contribution is -2.46. The highest BCUT2D eigenvalue weighted by Crippen LogP contribution is 2.21. The highest BCUT2D eigenvalue weighted by Gasteiger charge is 2.26. The van der Waals surface area contributed by atoms with Crippen molar-refractivity contribution in [3.05, 3.63) is 65.6 Å². The molecule has 1 aliphatic rings. The zero-order valence-corrected chi connectivity index (χ0v) is 16.7. The number of rotatable bonds is 5. The van der Waals surface area contributed by atoms with Crippen LogP contribution in [0.5, 0.6) is 0 Å². The van der Waals surface area contributed by atoms with Crippen LogP contribution in [-0.2, 0) is 6.42 Å². The molecule has 0 bridgehead atoms. The molecule has 3 aromatic rings. The van der Waals surface area contributed by atoms with Crippen LogP contribution in [0.2, 0.25) is 0 Å². The average Bonchev–Trinajstić information content (AvgIpc) is 3.15. The first kappa shape index (κ1) is 18.7. The van der Waals surface area contributed by atoms with E-state index >= 15 is 0 Å². The van der Waals surface area contributed by atoms with E-state index in [1.165, 1.54) is 5.56 Å². The molecule has 3 heterocycles. The highest BCUT2D eigenvalue weighted by molar-refractivity contribution is 5.98. The van der Waals surface area contributed by atoms with E-state index in [9.17, 15) is 4.79 Å². The van der Waals surface area contributed by atoms with Gasteiger partial charge in [-0.2, -0.15) is 0 Å². The van der Waals surface area contributed by atoms with E-state index in [4.69, 9.17) is 0 Å². The van der Waals surface area contributed by atoms with Crippen LogP contribution in [0, 0.1) is 6.92 Å². The number of nitrogens with one attached hydrogen (secondary N) is 1. The number of benzene rings is 1. The Morgan fingerprint density at radius 2 is 2.04 bits per heavy atom. The summed E-state index contributed by atoms with van der Waals surface area (Å²) in [6.07, 6.45) is 4.87. The Morgan fingerprint density at radius 3 is 2.79 bits per heavy atom. The maximum Gasteiger partial charge on any atom is 0.270 e. The Kier molecular flexibility index (Phi) is 5.44. The van der Waals surface area contributed by atoms with Crippen molar-refractivity contribution < 1.29 is 4.79 Å². The number of carbonyl (C=O) groups is 1. The number of aromatic amines is 1. The van der Waals surface area contributed by atoms with Gasteiger partial charge >= 0.3 is 0 Å². The first-order valence-electron chi connectivity index (χ1n) is 10.1. The quantitative estimate of drug-likeness (QED) is 0.739. The summed E-state index contributed by atoms with van der Waals surface area (Å²) < 4.78 is 0. The number of nitrogens with zero attached hydrogens (tertiary/aromatic N) is 3. The number of likely N-dealkylation sites (tertiary alicyclic amines) is 1. The number of amides is 1. The van der Waals surface area contributed by atoms with Crippen molar-refractivity contribution in [1.29, 1.82) is 0 Å². The van der Waals surface area contributed by atoms with Crippen LogP contribution in [-0.4, -0.2) is 58.4 Å². The van der Waals surface area contributed by atoms with Gasteiger partial charge in [0.1, 0.15) is 5.69 Å². The van der Waals surface area contributed by atoms with Crippen molar-refractivity contribution in [2.24, 2.45) is 0 Å². The van der Waals surface area contributed by atoms with Gasteiger partial charge in [0.05, 0.1) is 0 Å². The van der Waals surface area contributed by atoms with E-state index < -0.39 is 0 Å². The highest BCUT2D eigenvalue weighted by atomic mass is 16.2. The molecular weight excluding hydrogens is 348 g/mol. The Hall–Kier alpha value is -2.66. The minimum absolute atomic E-state index is 0.0841. The molecular formula is C23H28N4O. The Balaban J connectivity index is 1.32. The largest absolute Gasteiger partial charge is 0.351 e. The van der Waals surface area contributed by atoms with E-state index in [-0.39, 0.29) is 5.91 Å².